The highest BCUT2D eigenvalue weighted by Crippen LogP contribution is 2.25. The smallest absolute Gasteiger partial charge is 0.0423 e. The van der Waals surface area contributed by atoms with Crippen molar-refractivity contribution < 1.29 is 0 Å². The van der Waals surface area contributed by atoms with Crippen LogP contribution in [0.4, 0.5) is 0 Å². The molecule has 0 fully saturated rings. The summed E-state index contributed by atoms with van der Waals surface area (Å²) in [6.07, 6.45) is 0. The van der Waals surface area contributed by atoms with Crippen molar-refractivity contribution in [2.75, 3.05) is 5.33 Å². The third-order valence-electron chi connectivity index (χ3n) is 1.69. The molecule has 1 atom stereocenters. The first-order chi connectivity index (χ1) is 5.63. The summed E-state index contributed by atoms with van der Waals surface area (Å²) in [5, 5.41) is 2.32. The van der Waals surface area contributed by atoms with Crippen LogP contribution in [0.1, 0.15) is 18.4 Å². The second-order valence-electron chi connectivity index (χ2n) is 2.76. The predicted molar refractivity (Wildman–Crippen MR) is 58.7 cm³/mol. The van der Waals surface area contributed by atoms with Crippen molar-refractivity contribution in [3.63, 3.8) is 0 Å². The van der Waals surface area contributed by atoms with Crippen LogP contribution in [0, 0.1) is 0 Å². The highest BCUT2D eigenvalue weighted by atomic mass is 79.9. The predicted octanol–water partition coefficient (Wildman–Crippen LogP) is 4.49. The molecule has 0 N–H and O–H groups in total. The molecule has 0 aliphatic heterocycles. The normalized spacial score (nSPS) is 13.0. The van der Waals surface area contributed by atoms with Gasteiger partial charge in [-0.15, -0.1) is 0 Å². The zero-order chi connectivity index (χ0) is 9.14. The van der Waals surface area contributed by atoms with E-state index in [1.54, 1.807) is 6.07 Å². The monoisotopic (exact) mass is 266 g/mol. The Hall–Kier alpha value is 0.280. The molecule has 0 aromatic heterocycles. The molecule has 0 aliphatic carbocycles. The van der Waals surface area contributed by atoms with Gasteiger partial charge in [0.15, 0.2) is 0 Å². The van der Waals surface area contributed by atoms with Gasteiger partial charge in [-0.25, -0.2) is 0 Å². The lowest BCUT2D eigenvalue weighted by Gasteiger charge is -2.08. The van der Waals surface area contributed by atoms with Gasteiger partial charge in [-0.1, -0.05) is 46.1 Å². The topological polar surface area (TPSA) is 0 Å². The van der Waals surface area contributed by atoms with E-state index in [2.05, 4.69) is 22.9 Å². The second-order valence-corrected chi connectivity index (χ2v) is 4.28. The van der Waals surface area contributed by atoms with Gasteiger partial charge in [0.2, 0.25) is 0 Å². The Bertz CT molecular complexity index is 253. The van der Waals surface area contributed by atoms with Gasteiger partial charge >= 0.3 is 0 Å². The highest BCUT2D eigenvalue weighted by Gasteiger charge is 2.05. The molecule has 0 radical (unpaired) electrons. The van der Waals surface area contributed by atoms with Crippen LogP contribution >= 0.6 is 39.1 Å². The van der Waals surface area contributed by atoms with Gasteiger partial charge in [-0.05, 0) is 29.7 Å². The van der Waals surface area contributed by atoms with Crippen LogP contribution in [0.25, 0.3) is 0 Å². The average molecular weight is 268 g/mol. The Morgan fingerprint density at radius 1 is 1.25 bits per heavy atom. The standard InChI is InChI=1S/C9H9BrCl2/c1-6(5-10)7-2-8(11)4-9(12)3-7/h2-4,6H,5H2,1H3. The van der Waals surface area contributed by atoms with Gasteiger partial charge in [0.05, 0.1) is 0 Å². The van der Waals surface area contributed by atoms with Crippen LogP contribution in [0.5, 0.6) is 0 Å². The van der Waals surface area contributed by atoms with E-state index in [0.717, 1.165) is 5.33 Å². The molecule has 0 saturated heterocycles. The van der Waals surface area contributed by atoms with Crippen molar-refractivity contribution >= 4 is 39.1 Å². The lowest BCUT2D eigenvalue weighted by Crippen LogP contribution is -1.93. The first-order valence-corrected chi connectivity index (χ1v) is 5.53. The Kier molecular flexibility index (Phi) is 3.88. The van der Waals surface area contributed by atoms with Crippen molar-refractivity contribution in [2.24, 2.45) is 0 Å². The number of halogens is 3. The number of benzene rings is 1. The van der Waals surface area contributed by atoms with E-state index in [1.165, 1.54) is 5.56 Å². The Morgan fingerprint density at radius 2 is 1.75 bits per heavy atom. The Balaban J connectivity index is 3.00. The van der Waals surface area contributed by atoms with Crippen molar-refractivity contribution in [1.29, 1.82) is 0 Å². The fourth-order valence-electron chi connectivity index (χ4n) is 0.949. The average Bonchev–Trinajstić information content (AvgIpc) is 2.01. The van der Waals surface area contributed by atoms with Crippen molar-refractivity contribution in [1.82, 2.24) is 0 Å². The first-order valence-electron chi connectivity index (χ1n) is 3.65. The molecule has 1 unspecified atom stereocenters. The fourth-order valence-corrected chi connectivity index (χ4v) is 1.87. The minimum absolute atomic E-state index is 0.446. The van der Waals surface area contributed by atoms with Crippen LogP contribution in [-0.4, -0.2) is 5.33 Å². The second kappa shape index (κ2) is 4.50. The van der Waals surface area contributed by atoms with Gasteiger partial charge in [-0.2, -0.15) is 0 Å². The summed E-state index contributed by atoms with van der Waals surface area (Å²) < 4.78 is 0. The van der Waals surface area contributed by atoms with E-state index in [-0.39, 0.29) is 0 Å². The number of rotatable bonds is 2. The van der Waals surface area contributed by atoms with Gasteiger partial charge in [0.25, 0.3) is 0 Å². The minimum Gasteiger partial charge on any atom is -0.0922 e. The third kappa shape index (κ3) is 2.65. The summed E-state index contributed by atoms with van der Waals surface area (Å²) >= 11 is 15.1. The van der Waals surface area contributed by atoms with Gasteiger partial charge < -0.3 is 0 Å². The maximum Gasteiger partial charge on any atom is 0.0423 e. The summed E-state index contributed by atoms with van der Waals surface area (Å²) in [6, 6.07) is 5.63. The van der Waals surface area contributed by atoms with E-state index in [0.29, 0.717) is 16.0 Å². The van der Waals surface area contributed by atoms with Gasteiger partial charge in [0.1, 0.15) is 0 Å². The SMILES string of the molecule is CC(CBr)c1cc(Cl)cc(Cl)c1. The summed E-state index contributed by atoms with van der Waals surface area (Å²) in [5.74, 6) is 0.446. The summed E-state index contributed by atoms with van der Waals surface area (Å²) in [6.45, 7) is 2.12. The molecule has 0 nitrogen and oxygen atoms in total. The summed E-state index contributed by atoms with van der Waals surface area (Å²) in [5.41, 5.74) is 1.17. The molecule has 3 heteroatoms. The van der Waals surface area contributed by atoms with Crippen LogP contribution in [0.2, 0.25) is 10.0 Å². The molecule has 1 rings (SSSR count). The van der Waals surface area contributed by atoms with Crippen LogP contribution < -0.4 is 0 Å². The molecule has 0 saturated carbocycles. The number of hydrogen-bond acceptors (Lipinski definition) is 0. The van der Waals surface area contributed by atoms with Crippen LogP contribution in [0.3, 0.4) is 0 Å². The Morgan fingerprint density at radius 3 is 2.17 bits per heavy atom. The highest BCUT2D eigenvalue weighted by molar-refractivity contribution is 9.09. The van der Waals surface area contributed by atoms with Crippen molar-refractivity contribution in [2.45, 2.75) is 12.8 Å². The van der Waals surface area contributed by atoms with E-state index in [9.17, 15) is 0 Å². The minimum atomic E-state index is 0.446. The molecular weight excluding hydrogens is 259 g/mol. The quantitative estimate of drug-likeness (QED) is 0.693. The van der Waals surface area contributed by atoms with Crippen molar-refractivity contribution in [3.05, 3.63) is 33.8 Å². The molecule has 12 heavy (non-hydrogen) atoms. The maximum atomic E-state index is 5.85. The number of alkyl halides is 1. The largest absolute Gasteiger partial charge is 0.0922 e. The zero-order valence-corrected chi connectivity index (χ0v) is 9.75. The fraction of sp³-hybridized carbons (Fsp3) is 0.333. The molecule has 1 aromatic carbocycles. The van der Waals surface area contributed by atoms with E-state index < -0.39 is 0 Å². The molecule has 0 heterocycles. The van der Waals surface area contributed by atoms with Crippen LogP contribution in [0.15, 0.2) is 18.2 Å². The van der Waals surface area contributed by atoms with Crippen molar-refractivity contribution in [3.8, 4) is 0 Å². The summed E-state index contributed by atoms with van der Waals surface area (Å²) in [4.78, 5) is 0. The van der Waals surface area contributed by atoms with E-state index >= 15 is 0 Å². The zero-order valence-electron chi connectivity index (χ0n) is 6.65. The molecule has 0 amide bonds. The van der Waals surface area contributed by atoms with E-state index in [4.69, 9.17) is 23.2 Å². The first kappa shape index (κ1) is 10.4. The Labute approximate surface area is 91.0 Å². The van der Waals surface area contributed by atoms with E-state index in [1.807, 2.05) is 12.1 Å². The van der Waals surface area contributed by atoms with Crippen LogP contribution in [-0.2, 0) is 0 Å². The molecular formula is C9H9BrCl2. The van der Waals surface area contributed by atoms with Gasteiger partial charge in [-0.3, -0.25) is 0 Å². The van der Waals surface area contributed by atoms with Gasteiger partial charge in [0, 0.05) is 15.4 Å². The lowest BCUT2D eigenvalue weighted by molar-refractivity contribution is 0.888. The molecule has 1 aromatic rings. The number of hydrogen-bond donors (Lipinski definition) is 0. The molecule has 0 bridgehead atoms. The molecule has 0 aliphatic rings. The molecule has 66 valence electrons. The molecule has 0 spiro atoms. The lowest BCUT2D eigenvalue weighted by atomic mass is 10.0. The summed E-state index contributed by atoms with van der Waals surface area (Å²) in [7, 11) is 0. The maximum absolute atomic E-state index is 5.85. The third-order valence-corrected chi connectivity index (χ3v) is 3.09.